The van der Waals surface area contributed by atoms with E-state index in [1.165, 1.54) is 12.0 Å². The van der Waals surface area contributed by atoms with Crippen molar-refractivity contribution in [1.29, 1.82) is 0 Å². The predicted octanol–water partition coefficient (Wildman–Crippen LogP) is 2.10. The number of hydrogen-bond donors (Lipinski definition) is 1. The fraction of sp³-hybridized carbons (Fsp3) is 0.471. The molecule has 118 valence electrons. The van der Waals surface area contributed by atoms with E-state index in [2.05, 4.69) is 5.92 Å². The van der Waals surface area contributed by atoms with E-state index in [0.29, 0.717) is 35.6 Å². The molecular weight excluding hydrogens is 282 g/mol. The van der Waals surface area contributed by atoms with E-state index in [0.717, 1.165) is 0 Å². The van der Waals surface area contributed by atoms with Gasteiger partial charge in [0.25, 0.3) is 5.91 Å². The third kappa shape index (κ3) is 2.40. The lowest BCUT2D eigenvalue weighted by atomic mass is 9.92. The first kappa shape index (κ1) is 16.2. The number of methoxy groups -OCH3 is 1. The van der Waals surface area contributed by atoms with Gasteiger partial charge in [-0.1, -0.05) is 19.8 Å². The Morgan fingerprint density at radius 2 is 2.09 bits per heavy atom. The van der Waals surface area contributed by atoms with E-state index >= 15 is 0 Å². The zero-order valence-electron chi connectivity index (χ0n) is 13.2. The molecule has 0 aromatic heterocycles. The number of anilines is 1. The first-order valence-corrected chi connectivity index (χ1v) is 7.33. The summed E-state index contributed by atoms with van der Waals surface area (Å²) < 4.78 is 11.4. The molecule has 22 heavy (non-hydrogen) atoms. The van der Waals surface area contributed by atoms with Crippen molar-refractivity contribution in [3.63, 3.8) is 0 Å². The normalized spacial score (nSPS) is 15.8. The molecule has 0 spiro atoms. The Balaban J connectivity index is 2.68. The van der Waals surface area contributed by atoms with Crippen molar-refractivity contribution in [2.24, 2.45) is 0 Å². The number of rotatable bonds is 5. The van der Waals surface area contributed by atoms with E-state index < -0.39 is 5.60 Å². The molecule has 2 rings (SSSR count). The summed E-state index contributed by atoms with van der Waals surface area (Å²) in [6.07, 6.45) is 6.50. The Kier molecular flexibility index (Phi) is 4.62. The Labute approximate surface area is 130 Å². The number of hydrogen-bond acceptors (Lipinski definition) is 4. The van der Waals surface area contributed by atoms with E-state index in [4.69, 9.17) is 15.9 Å². The van der Waals surface area contributed by atoms with E-state index in [9.17, 15) is 9.90 Å². The maximum atomic E-state index is 12.9. The van der Waals surface area contributed by atoms with Crippen LogP contribution in [0.25, 0.3) is 0 Å². The minimum atomic E-state index is -0.933. The van der Waals surface area contributed by atoms with Gasteiger partial charge in [0.1, 0.15) is 0 Å². The Morgan fingerprint density at radius 1 is 1.41 bits per heavy atom. The molecule has 5 heteroatoms. The fourth-order valence-corrected chi connectivity index (χ4v) is 2.73. The Hall–Kier alpha value is -2.19. The SMILES string of the molecule is C#CCN1C(=O)C(CC)(CC)Oc2c(OC)cc(CO)cc21. The smallest absolute Gasteiger partial charge is 0.272 e. The second-order valence-electron chi connectivity index (χ2n) is 5.20. The molecule has 1 aliphatic heterocycles. The van der Waals surface area contributed by atoms with Gasteiger partial charge in [-0.25, -0.2) is 0 Å². The molecule has 0 unspecified atom stereocenters. The van der Waals surface area contributed by atoms with Crippen LogP contribution in [0.3, 0.4) is 0 Å². The zero-order valence-corrected chi connectivity index (χ0v) is 13.2. The average molecular weight is 303 g/mol. The maximum Gasteiger partial charge on any atom is 0.272 e. The maximum absolute atomic E-state index is 12.9. The molecule has 0 saturated heterocycles. The Morgan fingerprint density at radius 3 is 2.59 bits per heavy atom. The number of carbonyl (C=O) groups is 1. The van der Waals surface area contributed by atoms with Gasteiger partial charge in [-0.05, 0) is 30.5 Å². The van der Waals surface area contributed by atoms with Crippen molar-refractivity contribution in [3.8, 4) is 23.8 Å². The molecule has 1 heterocycles. The van der Waals surface area contributed by atoms with Crippen molar-refractivity contribution in [2.45, 2.75) is 38.9 Å². The van der Waals surface area contributed by atoms with Gasteiger partial charge in [0.2, 0.25) is 0 Å². The van der Waals surface area contributed by atoms with Gasteiger partial charge in [0.05, 0.1) is 25.9 Å². The summed E-state index contributed by atoms with van der Waals surface area (Å²) in [7, 11) is 1.53. The van der Waals surface area contributed by atoms with Gasteiger partial charge in [-0.3, -0.25) is 9.69 Å². The topological polar surface area (TPSA) is 59.0 Å². The highest BCUT2D eigenvalue weighted by Gasteiger charge is 2.46. The summed E-state index contributed by atoms with van der Waals surface area (Å²) in [5.41, 5.74) is 0.246. The number of terminal acetylenes is 1. The number of nitrogens with zero attached hydrogens (tertiary/aromatic N) is 1. The number of aliphatic hydroxyl groups is 1. The number of fused-ring (bicyclic) bond motifs is 1. The number of amides is 1. The molecule has 1 aliphatic rings. The summed E-state index contributed by atoms with van der Waals surface area (Å²) in [5, 5.41) is 9.40. The lowest BCUT2D eigenvalue weighted by Crippen LogP contribution is -2.55. The highest BCUT2D eigenvalue weighted by Crippen LogP contribution is 2.46. The van der Waals surface area contributed by atoms with Crippen LogP contribution in [-0.4, -0.2) is 30.3 Å². The van der Waals surface area contributed by atoms with Crippen LogP contribution in [0, 0.1) is 12.3 Å². The van der Waals surface area contributed by atoms with Crippen LogP contribution in [-0.2, 0) is 11.4 Å². The number of carbonyl (C=O) groups excluding carboxylic acids is 1. The zero-order chi connectivity index (χ0) is 16.3. The highest BCUT2D eigenvalue weighted by molar-refractivity contribution is 6.03. The lowest BCUT2D eigenvalue weighted by molar-refractivity contribution is -0.136. The molecule has 0 radical (unpaired) electrons. The third-order valence-electron chi connectivity index (χ3n) is 4.11. The molecule has 0 fully saturated rings. The molecule has 1 amide bonds. The monoisotopic (exact) mass is 303 g/mol. The van der Waals surface area contributed by atoms with Gasteiger partial charge >= 0.3 is 0 Å². The highest BCUT2D eigenvalue weighted by atomic mass is 16.5. The molecule has 5 nitrogen and oxygen atoms in total. The van der Waals surface area contributed by atoms with Crippen LogP contribution in [0.2, 0.25) is 0 Å². The molecular formula is C17H21NO4. The third-order valence-corrected chi connectivity index (χ3v) is 4.11. The van der Waals surface area contributed by atoms with Crippen LogP contribution in [0.4, 0.5) is 5.69 Å². The average Bonchev–Trinajstić information content (AvgIpc) is 2.56. The molecule has 0 bridgehead atoms. The minimum absolute atomic E-state index is 0.148. The van der Waals surface area contributed by atoms with Crippen LogP contribution in [0.5, 0.6) is 11.5 Å². The van der Waals surface area contributed by atoms with Gasteiger partial charge in [0.15, 0.2) is 17.1 Å². The lowest BCUT2D eigenvalue weighted by Gasteiger charge is -2.41. The second kappa shape index (κ2) is 6.29. The van der Waals surface area contributed by atoms with Crippen molar-refractivity contribution in [2.75, 3.05) is 18.6 Å². The van der Waals surface area contributed by atoms with Crippen molar-refractivity contribution in [1.82, 2.24) is 0 Å². The van der Waals surface area contributed by atoms with Crippen LogP contribution in [0.15, 0.2) is 12.1 Å². The van der Waals surface area contributed by atoms with E-state index in [1.807, 2.05) is 13.8 Å². The summed E-state index contributed by atoms with van der Waals surface area (Å²) in [6.45, 7) is 3.81. The van der Waals surface area contributed by atoms with Gasteiger partial charge < -0.3 is 14.6 Å². The van der Waals surface area contributed by atoms with Gasteiger partial charge in [-0.2, -0.15) is 0 Å². The van der Waals surface area contributed by atoms with Crippen LogP contribution < -0.4 is 14.4 Å². The summed E-state index contributed by atoms with van der Waals surface area (Å²) in [6, 6.07) is 3.42. The molecule has 1 aromatic carbocycles. The summed E-state index contributed by atoms with van der Waals surface area (Å²) in [5.74, 6) is 3.35. The van der Waals surface area contributed by atoms with Crippen molar-refractivity contribution >= 4 is 11.6 Å². The standard InChI is InChI=1S/C17H21NO4/c1-5-8-18-13-9-12(11-19)10-14(21-4)15(13)22-17(6-2,7-3)16(18)20/h1,9-10,19H,6-8,11H2,2-4H3. The van der Waals surface area contributed by atoms with Crippen molar-refractivity contribution in [3.05, 3.63) is 17.7 Å². The second-order valence-corrected chi connectivity index (χ2v) is 5.20. The van der Waals surface area contributed by atoms with Gasteiger partial charge in [0, 0.05) is 0 Å². The van der Waals surface area contributed by atoms with Crippen molar-refractivity contribution < 1.29 is 19.4 Å². The van der Waals surface area contributed by atoms with Gasteiger partial charge in [-0.15, -0.1) is 6.42 Å². The molecule has 0 atom stereocenters. The van der Waals surface area contributed by atoms with E-state index in [1.54, 1.807) is 12.1 Å². The molecule has 0 saturated carbocycles. The van der Waals surface area contributed by atoms with Crippen LogP contribution >= 0.6 is 0 Å². The first-order valence-electron chi connectivity index (χ1n) is 7.33. The molecule has 1 aromatic rings. The first-order chi connectivity index (χ1) is 10.6. The number of benzene rings is 1. The molecule has 0 aliphatic carbocycles. The number of aliphatic hydroxyl groups excluding tert-OH is 1. The molecule has 1 N–H and O–H groups in total. The summed E-state index contributed by atoms with van der Waals surface area (Å²) >= 11 is 0. The Bertz CT molecular complexity index is 614. The predicted molar refractivity (Wildman–Crippen MR) is 84.0 cm³/mol. The quantitative estimate of drug-likeness (QED) is 0.846. The summed E-state index contributed by atoms with van der Waals surface area (Å²) in [4.78, 5) is 14.4. The van der Waals surface area contributed by atoms with Crippen LogP contribution in [0.1, 0.15) is 32.3 Å². The fourth-order valence-electron chi connectivity index (χ4n) is 2.73. The largest absolute Gasteiger partial charge is 0.493 e. The van der Waals surface area contributed by atoms with E-state index in [-0.39, 0.29) is 19.1 Å². The minimum Gasteiger partial charge on any atom is -0.493 e. The number of ether oxygens (including phenoxy) is 2.